The highest BCUT2D eigenvalue weighted by Crippen LogP contribution is 2.14. The zero-order valence-corrected chi connectivity index (χ0v) is 18.0. The van der Waals surface area contributed by atoms with Crippen molar-refractivity contribution in [1.29, 1.82) is 0 Å². The molecule has 7 heteroatoms. The number of nitrogens with zero attached hydrogens (tertiary/aromatic N) is 2. The van der Waals surface area contributed by atoms with Gasteiger partial charge in [0.05, 0.1) is 18.9 Å². The van der Waals surface area contributed by atoms with Gasteiger partial charge in [-0.15, -0.1) is 0 Å². The van der Waals surface area contributed by atoms with Crippen molar-refractivity contribution in [3.05, 3.63) is 29.8 Å². The number of unbranched alkanes of at least 4 members (excludes halogenated alkanes) is 1. The third-order valence-electron chi connectivity index (χ3n) is 4.62. The highest BCUT2D eigenvalue weighted by molar-refractivity contribution is 5.81. The van der Waals surface area contributed by atoms with Crippen molar-refractivity contribution >= 4 is 11.6 Å². The van der Waals surface area contributed by atoms with Gasteiger partial charge in [0.15, 0.2) is 0 Å². The predicted molar refractivity (Wildman–Crippen MR) is 114 cm³/mol. The zero-order chi connectivity index (χ0) is 20.9. The first-order chi connectivity index (χ1) is 14.1. The highest BCUT2D eigenvalue weighted by Gasteiger charge is 2.19. The van der Waals surface area contributed by atoms with E-state index in [0.717, 1.165) is 62.7 Å². The topological polar surface area (TPSA) is 72.4 Å². The van der Waals surface area contributed by atoms with Gasteiger partial charge in [0.25, 0.3) is 5.91 Å². The third-order valence-corrected chi connectivity index (χ3v) is 4.62. The van der Waals surface area contributed by atoms with Crippen LogP contribution in [0.3, 0.4) is 0 Å². The van der Waals surface area contributed by atoms with E-state index in [0.29, 0.717) is 19.6 Å². The summed E-state index contributed by atoms with van der Waals surface area (Å²) in [5, 5.41) is 6.92. The van der Waals surface area contributed by atoms with Gasteiger partial charge in [0.2, 0.25) is 6.10 Å². The molecule has 1 aromatic rings. The summed E-state index contributed by atoms with van der Waals surface area (Å²) in [4.78, 5) is 20.3. The summed E-state index contributed by atoms with van der Waals surface area (Å²) in [5.41, 5.74) is 1.79. The first-order valence-corrected chi connectivity index (χ1v) is 10.5. The average molecular weight is 406 g/mol. The van der Waals surface area contributed by atoms with E-state index in [1.807, 2.05) is 38.1 Å². The molecule has 2 rings (SSSR count). The lowest BCUT2D eigenvalue weighted by Crippen LogP contribution is -2.38. The van der Waals surface area contributed by atoms with Gasteiger partial charge in [-0.2, -0.15) is 0 Å². The van der Waals surface area contributed by atoms with Crippen molar-refractivity contribution in [3.63, 3.8) is 0 Å². The van der Waals surface area contributed by atoms with Crippen LogP contribution in [0, 0.1) is 0 Å². The molecule has 0 aliphatic carbocycles. The summed E-state index contributed by atoms with van der Waals surface area (Å²) in [6.07, 6.45) is 2.02. The van der Waals surface area contributed by atoms with Gasteiger partial charge in [-0.05, 0) is 44.4 Å². The first-order valence-electron chi connectivity index (χ1n) is 10.5. The van der Waals surface area contributed by atoms with E-state index in [4.69, 9.17) is 14.3 Å². The maximum absolute atomic E-state index is 12.5. The van der Waals surface area contributed by atoms with E-state index in [1.54, 1.807) is 0 Å². The molecular formula is C22H35N3O4. The molecule has 0 aromatic heterocycles. The van der Waals surface area contributed by atoms with Crippen molar-refractivity contribution in [2.24, 2.45) is 5.16 Å². The third kappa shape index (κ3) is 9.28. The van der Waals surface area contributed by atoms with Crippen molar-refractivity contribution in [2.45, 2.75) is 52.7 Å². The lowest BCUT2D eigenvalue weighted by atomic mass is 10.1. The van der Waals surface area contributed by atoms with E-state index in [2.05, 4.69) is 22.3 Å². The molecule has 0 saturated carbocycles. The fourth-order valence-corrected chi connectivity index (χ4v) is 2.96. The molecule has 0 radical (unpaired) electrons. The van der Waals surface area contributed by atoms with Gasteiger partial charge >= 0.3 is 0 Å². The molecule has 0 bridgehead atoms. The fourth-order valence-electron chi connectivity index (χ4n) is 2.96. The number of hydrogen-bond donors (Lipinski definition) is 1. The minimum Gasteiger partial charge on any atom is -0.492 e. The largest absolute Gasteiger partial charge is 0.492 e. The molecule has 1 aliphatic rings. The second kappa shape index (κ2) is 13.2. The molecule has 1 saturated heterocycles. The summed E-state index contributed by atoms with van der Waals surface area (Å²) in [6.45, 7) is 11.2. The van der Waals surface area contributed by atoms with Crippen molar-refractivity contribution in [3.8, 4) is 5.75 Å². The van der Waals surface area contributed by atoms with Crippen molar-refractivity contribution < 1.29 is 19.1 Å². The van der Waals surface area contributed by atoms with E-state index < -0.39 is 6.10 Å². The summed E-state index contributed by atoms with van der Waals surface area (Å²) in [6, 6.07) is 7.83. The molecule has 7 nitrogen and oxygen atoms in total. The molecule has 162 valence electrons. The van der Waals surface area contributed by atoms with Crippen molar-refractivity contribution in [1.82, 2.24) is 10.2 Å². The standard InChI is InChI=1S/C22H35N3O4/c1-4-5-9-21(29-24-18(2)3)22(26)23-17-19-7-6-8-20(16-19)28-15-12-25-10-13-27-14-11-25/h6-8,16,21H,4-5,9-15,17H2,1-3H3,(H,23,26)/t21-/m1/s1. The predicted octanol–water partition coefficient (Wildman–Crippen LogP) is 2.99. The Labute approximate surface area is 174 Å². The number of amides is 1. The second-order valence-electron chi connectivity index (χ2n) is 7.44. The van der Waals surface area contributed by atoms with Crippen LogP contribution in [0.2, 0.25) is 0 Å². The molecule has 1 N–H and O–H groups in total. The first kappa shape index (κ1) is 23.2. The number of rotatable bonds is 12. The molecule has 1 amide bonds. The number of morpholine rings is 1. The maximum atomic E-state index is 12.5. The van der Waals surface area contributed by atoms with Gasteiger partial charge in [-0.1, -0.05) is 30.6 Å². The number of benzene rings is 1. The molecule has 29 heavy (non-hydrogen) atoms. The van der Waals surface area contributed by atoms with Gasteiger partial charge < -0.3 is 19.6 Å². The van der Waals surface area contributed by atoms with Gasteiger partial charge in [-0.3, -0.25) is 9.69 Å². The van der Waals surface area contributed by atoms with Crippen LogP contribution in [0.1, 0.15) is 45.6 Å². The smallest absolute Gasteiger partial charge is 0.264 e. The Morgan fingerprint density at radius 2 is 2.10 bits per heavy atom. The molecule has 0 unspecified atom stereocenters. The maximum Gasteiger partial charge on any atom is 0.264 e. The van der Waals surface area contributed by atoms with Gasteiger partial charge in [-0.25, -0.2) is 0 Å². The van der Waals surface area contributed by atoms with Crippen LogP contribution >= 0.6 is 0 Å². The average Bonchev–Trinajstić information content (AvgIpc) is 2.73. The van der Waals surface area contributed by atoms with Crippen molar-refractivity contribution in [2.75, 3.05) is 39.5 Å². The molecule has 1 heterocycles. The van der Waals surface area contributed by atoms with E-state index >= 15 is 0 Å². The number of oxime groups is 1. The van der Waals surface area contributed by atoms with Crippen LogP contribution in [-0.4, -0.2) is 62.1 Å². The van der Waals surface area contributed by atoms with Crippen LogP contribution in [-0.2, 0) is 20.9 Å². The SMILES string of the molecule is CCCC[C@@H](ON=C(C)C)C(=O)NCc1cccc(OCCN2CCOCC2)c1. The molecule has 0 spiro atoms. The minimum atomic E-state index is -0.558. The zero-order valence-electron chi connectivity index (χ0n) is 18.0. The second-order valence-corrected chi connectivity index (χ2v) is 7.44. The van der Waals surface area contributed by atoms with Crippen LogP contribution in [0.15, 0.2) is 29.4 Å². The summed E-state index contributed by atoms with van der Waals surface area (Å²) < 4.78 is 11.2. The fraction of sp³-hybridized carbons (Fsp3) is 0.636. The van der Waals surface area contributed by atoms with E-state index in [9.17, 15) is 4.79 Å². The number of carbonyl (C=O) groups is 1. The lowest BCUT2D eigenvalue weighted by Gasteiger charge is -2.26. The number of hydrogen-bond acceptors (Lipinski definition) is 6. The molecule has 1 aromatic carbocycles. The lowest BCUT2D eigenvalue weighted by molar-refractivity contribution is -0.133. The highest BCUT2D eigenvalue weighted by atomic mass is 16.6. The van der Waals surface area contributed by atoms with Crippen LogP contribution in [0.25, 0.3) is 0 Å². The Hall–Kier alpha value is -2.12. The monoisotopic (exact) mass is 405 g/mol. The quantitative estimate of drug-likeness (QED) is 0.428. The Kier molecular flexibility index (Phi) is 10.5. The van der Waals surface area contributed by atoms with Crippen LogP contribution in [0.4, 0.5) is 0 Å². The normalized spacial score (nSPS) is 15.4. The number of ether oxygens (including phenoxy) is 2. The van der Waals surface area contributed by atoms with Gasteiger partial charge in [0, 0.05) is 26.2 Å². The number of carbonyl (C=O) groups excluding carboxylic acids is 1. The molecule has 1 aliphatic heterocycles. The molecule has 1 atom stereocenters. The Balaban J connectivity index is 1.79. The van der Waals surface area contributed by atoms with Crippen LogP contribution in [0.5, 0.6) is 5.75 Å². The number of nitrogens with one attached hydrogen (secondary N) is 1. The molecular weight excluding hydrogens is 370 g/mol. The molecule has 1 fully saturated rings. The summed E-state index contributed by atoms with van der Waals surface area (Å²) in [7, 11) is 0. The van der Waals surface area contributed by atoms with E-state index in [-0.39, 0.29) is 5.91 Å². The van der Waals surface area contributed by atoms with E-state index in [1.165, 1.54) is 0 Å². The van der Waals surface area contributed by atoms with Gasteiger partial charge in [0.1, 0.15) is 12.4 Å². The minimum absolute atomic E-state index is 0.137. The summed E-state index contributed by atoms with van der Waals surface area (Å²) >= 11 is 0. The van der Waals surface area contributed by atoms with Crippen LogP contribution < -0.4 is 10.1 Å². The Morgan fingerprint density at radius 1 is 1.31 bits per heavy atom. The summed E-state index contributed by atoms with van der Waals surface area (Å²) in [5.74, 6) is 0.678. The Bertz CT molecular complexity index is 641. The Morgan fingerprint density at radius 3 is 2.83 bits per heavy atom.